The number of hydrogen-bond acceptors (Lipinski definition) is 4. The van der Waals surface area contributed by atoms with Crippen LogP contribution in [0.4, 0.5) is 0 Å². The van der Waals surface area contributed by atoms with Crippen molar-refractivity contribution in [3.63, 3.8) is 0 Å². The highest BCUT2D eigenvalue weighted by atomic mass is 35.5. The monoisotopic (exact) mass is 462 g/mol. The summed E-state index contributed by atoms with van der Waals surface area (Å²) >= 11 is 5.83. The Hall–Kier alpha value is -2.68. The van der Waals surface area contributed by atoms with Crippen molar-refractivity contribution in [2.75, 3.05) is 0 Å². The van der Waals surface area contributed by atoms with Crippen LogP contribution in [-0.4, -0.2) is 22.7 Å². The first-order valence-corrected chi connectivity index (χ1v) is 12.1. The number of aryl methyl sites for hydroxylation is 2. The molecule has 156 valence electrons. The van der Waals surface area contributed by atoms with Gasteiger partial charge in [-0.3, -0.25) is 4.72 Å². The van der Waals surface area contributed by atoms with Crippen molar-refractivity contribution in [3.05, 3.63) is 94.5 Å². The van der Waals surface area contributed by atoms with E-state index in [1.165, 1.54) is 30.3 Å². The summed E-state index contributed by atoms with van der Waals surface area (Å²) in [4.78, 5) is -0.0692. The van der Waals surface area contributed by atoms with Crippen LogP contribution in [-0.2, 0) is 20.0 Å². The van der Waals surface area contributed by atoms with Gasteiger partial charge < -0.3 is 0 Å². The van der Waals surface area contributed by atoms with Crippen LogP contribution < -0.4 is 4.72 Å². The van der Waals surface area contributed by atoms with E-state index in [2.05, 4.69) is 9.12 Å². The Morgan fingerprint density at radius 1 is 0.833 bits per heavy atom. The van der Waals surface area contributed by atoms with Gasteiger partial charge in [-0.2, -0.15) is 8.42 Å². The highest BCUT2D eigenvalue weighted by Crippen LogP contribution is 2.19. The quantitative estimate of drug-likeness (QED) is 0.457. The van der Waals surface area contributed by atoms with Crippen LogP contribution in [0.2, 0.25) is 5.02 Å². The van der Waals surface area contributed by atoms with Crippen LogP contribution in [0.25, 0.3) is 0 Å². The maximum absolute atomic E-state index is 13.0. The highest BCUT2D eigenvalue weighted by molar-refractivity contribution is 7.91. The number of nitrogens with one attached hydrogen (secondary N) is 1. The summed E-state index contributed by atoms with van der Waals surface area (Å²) in [7, 11) is -8.27. The van der Waals surface area contributed by atoms with Crippen LogP contribution in [0.15, 0.2) is 87.0 Å². The van der Waals surface area contributed by atoms with E-state index < -0.39 is 20.0 Å². The first-order valence-electron chi connectivity index (χ1n) is 8.84. The standard InChI is InChI=1S/C21H19ClN2O4S2/c1-15-7-9-17(10-8-15)21(23-29(25,26)19-13-11-18(22)12-14-19)24-30(27,28)20-6-4-3-5-16(20)2/h3-14H,1-2H3,(H,23,24). The van der Waals surface area contributed by atoms with Gasteiger partial charge >= 0.3 is 0 Å². The molecule has 0 radical (unpaired) electrons. The zero-order valence-corrected chi connectivity index (χ0v) is 18.6. The van der Waals surface area contributed by atoms with Crippen LogP contribution in [0.5, 0.6) is 0 Å². The average molecular weight is 463 g/mol. The third-order valence-corrected chi connectivity index (χ3v) is 7.30. The molecule has 1 N–H and O–H groups in total. The first kappa shape index (κ1) is 22.0. The predicted molar refractivity (Wildman–Crippen MR) is 118 cm³/mol. The van der Waals surface area contributed by atoms with Gasteiger partial charge in [-0.15, -0.1) is 4.40 Å². The maximum Gasteiger partial charge on any atom is 0.284 e. The summed E-state index contributed by atoms with van der Waals surface area (Å²) in [6, 6.07) is 18.6. The van der Waals surface area contributed by atoms with Gasteiger partial charge in [0.25, 0.3) is 20.0 Å². The van der Waals surface area contributed by atoms with Gasteiger partial charge in [0.2, 0.25) is 0 Å². The molecule has 6 nitrogen and oxygen atoms in total. The van der Waals surface area contributed by atoms with E-state index in [1.54, 1.807) is 49.4 Å². The fourth-order valence-electron chi connectivity index (χ4n) is 2.66. The minimum absolute atomic E-state index is 0.0358. The molecule has 30 heavy (non-hydrogen) atoms. The molecular formula is C21H19ClN2O4S2. The number of amidine groups is 1. The number of rotatable bonds is 5. The van der Waals surface area contributed by atoms with Crippen molar-refractivity contribution in [2.45, 2.75) is 23.6 Å². The molecule has 0 aliphatic carbocycles. The lowest BCUT2D eigenvalue weighted by Gasteiger charge is -2.13. The second kappa shape index (κ2) is 8.59. The number of hydrogen-bond donors (Lipinski definition) is 1. The third-order valence-electron chi connectivity index (χ3n) is 4.26. The van der Waals surface area contributed by atoms with Gasteiger partial charge in [0.05, 0.1) is 9.79 Å². The molecule has 3 rings (SSSR count). The van der Waals surface area contributed by atoms with Gasteiger partial charge in [-0.1, -0.05) is 59.6 Å². The number of sulfonamides is 2. The van der Waals surface area contributed by atoms with Gasteiger partial charge in [0, 0.05) is 10.6 Å². The van der Waals surface area contributed by atoms with Crippen molar-refractivity contribution >= 4 is 37.5 Å². The summed E-state index contributed by atoms with van der Waals surface area (Å²) < 4.78 is 57.7. The van der Waals surface area contributed by atoms with Gasteiger partial charge in [0.15, 0.2) is 5.84 Å². The zero-order valence-electron chi connectivity index (χ0n) is 16.2. The molecule has 0 aliphatic heterocycles. The van der Waals surface area contributed by atoms with E-state index in [9.17, 15) is 16.8 Å². The molecule has 3 aromatic carbocycles. The van der Waals surface area contributed by atoms with E-state index in [1.807, 2.05) is 6.92 Å². The molecule has 9 heteroatoms. The van der Waals surface area contributed by atoms with E-state index in [0.717, 1.165) is 5.56 Å². The largest absolute Gasteiger partial charge is 0.284 e. The predicted octanol–water partition coefficient (Wildman–Crippen LogP) is 4.07. The van der Waals surface area contributed by atoms with Crippen LogP contribution in [0.1, 0.15) is 16.7 Å². The first-order chi connectivity index (χ1) is 14.1. The van der Waals surface area contributed by atoms with E-state index in [4.69, 9.17) is 11.6 Å². The summed E-state index contributed by atoms with van der Waals surface area (Å²) in [5.74, 6) is -0.298. The molecule has 0 heterocycles. The minimum atomic E-state index is -4.20. The Morgan fingerprint density at radius 3 is 2.03 bits per heavy atom. The Morgan fingerprint density at radius 2 is 1.43 bits per heavy atom. The van der Waals surface area contributed by atoms with E-state index >= 15 is 0 Å². The van der Waals surface area contributed by atoms with Crippen LogP contribution >= 0.6 is 11.6 Å². The Kier molecular flexibility index (Phi) is 6.30. The Bertz CT molecular complexity index is 1300. The summed E-state index contributed by atoms with van der Waals surface area (Å²) in [5, 5.41) is 0.372. The molecule has 0 fully saturated rings. The number of benzene rings is 3. The minimum Gasteiger partial charge on any atom is -0.262 e. The van der Waals surface area contributed by atoms with Gasteiger partial charge in [0.1, 0.15) is 0 Å². The molecule has 0 aromatic heterocycles. The zero-order chi connectivity index (χ0) is 21.9. The normalized spacial score (nSPS) is 12.6. The van der Waals surface area contributed by atoms with E-state index in [-0.39, 0.29) is 15.6 Å². The van der Waals surface area contributed by atoms with Crippen LogP contribution in [0, 0.1) is 13.8 Å². The SMILES string of the molecule is Cc1ccc(/C(=N/S(=O)(=O)c2ccc(Cl)cc2)NS(=O)(=O)c2ccccc2C)cc1. The highest BCUT2D eigenvalue weighted by Gasteiger charge is 2.22. The number of halogens is 1. The summed E-state index contributed by atoms with van der Waals surface area (Å²) in [6.07, 6.45) is 0. The van der Waals surface area contributed by atoms with Crippen molar-refractivity contribution in [1.29, 1.82) is 0 Å². The summed E-state index contributed by atoms with van der Waals surface area (Å²) in [5.41, 5.74) is 1.77. The van der Waals surface area contributed by atoms with E-state index in [0.29, 0.717) is 16.1 Å². The lowest BCUT2D eigenvalue weighted by atomic mass is 10.1. The lowest BCUT2D eigenvalue weighted by Crippen LogP contribution is -2.32. The average Bonchev–Trinajstić information content (AvgIpc) is 2.68. The molecule has 0 saturated carbocycles. The van der Waals surface area contributed by atoms with Crippen molar-refractivity contribution < 1.29 is 16.8 Å². The second-order valence-corrected chi connectivity index (χ2v) is 10.3. The molecule has 0 aliphatic rings. The Labute approximate surface area is 181 Å². The maximum atomic E-state index is 13.0. The fourth-order valence-corrected chi connectivity index (χ4v) is 5.10. The van der Waals surface area contributed by atoms with Gasteiger partial charge in [-0.25, -0.2) is 8.42 Å². The van der Waals surface area contributed by atoms with Crippen molar-refractivity contribution in [3.8, 4) is 0 Å². The molecule has 0 unspecified atom stereocenters. The summed E-state index contributed by atoms with van der Waals surface area (Å²) in [6.45, 7) is 3.52. The molecule has 0 atom stereocenters. The van der Waals surface area contributed by atoms with Crippen molar-refractivity contribution in [1.82, 2.24) is 4.72 Å². The molecule has 0 amide bonds. The molecule has 0 bridgehead atoms. The third kappa shape index (κ3) is 5.08. The molecule has 0 saturated heterocycles. The smallest absolute Gasteiger partial charge is 0.262 e. The number of nitrogens with zero attached hydrogens (tertiary/aromatic N) is 1. The molecular weight excluding hydrogens is 444 g/mol. The topological polar surface area (TPSA) is 92.7 Å². The van der Waals surface area contributed by atoms with Crippen molar-refractivity contribution in [2.24, 2.45) is 4.40 Å². The molecule has 3 aromatic rings. The Balaban J connectivity index is 2.12. The van der Waals surface area contributed by atoms with Gasteiger partial charge in [-0.05, 0) is 49.7 Å². The van der Waals surface area contributed by atoms with Crippen LogP contribution in [0.3, 0.4) is 0 Å². The lowest BCUT2D eigenvalue weighted by molar-refractivity contribution is 0.592. The second-order valence-electron chi connectivity index (χ2n) is 6.61. The fraction of sp³-hybridized carbons (Fsp3) is 0.0952. The molecule has 0 spiro atoms.